The zero-order valence-electron chi connectivity index (χ0n) is 10.7. The molecule has 0 aromatic heterocycles. The number of benzene rings is 1. The first-order valence-electron chi connectivity index (χ1n) is 6.00. The summed E-state index contributed by atoms with van der Waals surface area (Å²) in [4.78, 5) is 0. The second kappa shape index (κ2) is 4.59. The fraction of sp³-hybridized carbons (Fsp3) is 0.538. The van der Waals surface area contributed by atoms with Crippen LogP contribution in [0.2, 0.25) is 0 Å². The van der Waals surface area contributed by atoms with E-state index >= 15 is 0 Å². The van der Waals surface area contributed by atoms with E-state index < -0.39 is 17.8 Å². The van der Waals surface area contributed by atoms with Crippen LogP contribution in [-0.4, -0.2) is 23.9 Å². The molecule has 0 amide bonds. The van der Waals surface area contributed by atoms with Gasteiger partial charge in [0.05, 0.1) is 7.11 Å². The second-order valence-electron chi connectivity index (χ2n) is 4.88. The molecule has 2 rings (SSSR count). The molecule has 1 unspecified atom stereocenters. The average molecular weight is 275 g/mol. The van der Waals surface area contributed by atoms with Gasteiger partial charge in [-0.3, -0.25) is 5.32 Å². The SMILES string of the molecule is COc1cc(C(C)NC2(C(F)(F)F)CC2)ccc1O. The second-order valence-corrected chi connectivity index (χ2v) is 4.88. The Morgan fingerprint density at radius 2 is 2.00 bits per heavy atom. The lowest BCUT2D eigenvalue weighted by Gasteiger charge is -2.25. The molecule has 1 aliphatic carbocycles. The number of halogens is 3. The van der Waals surface area contributed by atoms with Gasteiger partial charge < -0.3 is 9.84 Å². The summed E-state index contributed by atoms with van der Waals surface area (Å²) in [5.74, 6) is 0.221. The third-order valence-corrected chi connectivity index (χ3v) is 3.49. The topological polar surface area (TPSA) is 41.5 Å². The van der Waals surface area contributed by atoms with E-state index in [2.05, 4.69) is 5.32 Å². The number of aromatic hydroxyl groups is 1. The van der Waals surface area contributed by atoms with Crippen LogP contribution >= 0.6 is 0 Å². The molecule has 6 heteroatoms. The van der Waals surface area contributed by atoms with E-state index in [0.29, 0.717) is 5.56 Å². The molecule has 3 nitrogen and oxygen atoms in total. The van der Waals surface area contributed by atoms with Crippen LogP contribution in [0.1, 0.15) is 31.4 Å². The van der Waals surface area contributed by atoms with Gasteiger partial charge in [-0.25, -0.2) is 0 Å². The highest BCUT2D eigenvalue weighted by molar-refractivity contribution is 5.42. The molecule has 106 valence electrons. The van der Waals surface area contributed by atoms with Gasteiger partial charge in [0.1, 0.15) is 5.54 Å². The van der Waals surface area contributed by atoms with E-state index in [1.807, 2.05) is 0 Å². The van der Waals surface area contributed by atoms with Gasteiger partial charge in [-0.15, -0.1) is 0 Å². The summed E-state index contributed by atoms with van der Waals surface area (Å²) in [7, 11) is 1.40. The molecule has 1 aromatic rings. The summed E-state index contributed by atoms with van der Waals surface area (Å²) in [6.07, 6.45) is -4.02. The molecule has 0 spiro atoms. The van der Waals surface area contributed by atoms with E-state index in [4.69, 9.17) is 4.74 Å². The highest BCUT2D eigenvalue weighted by Gasteiger charge is 2.63. The summed E-state index contributed by atoms with van der Waals surface area (Å²) in [6, 6.07) is 4.07. The Morgan fingerprint density at radius 1 is 1.37 bits per heavy atom. The standard InChI is InChI=1S/C13H16F3NO2/c1-8(17-12(5-6-12)13(14,15)16)9-3-4-10(18)11(7-9)19-2/h3-4,7-8,17-18H,5-6H2,1-2H3. The van der Waals surface area contributed by atoms with Crippen molar-refractivity contribution in [2.45, 2.75) is 37.5 Å². The van der Waals surface area contributed by atoms with E-state index in [1.165, 1.54) is 13.2 Å². The van der Waals surface area contributed by atoms with E-state index in [-0.39, 0.29) is 24.3 Å². The predicted molar refractivity (Wildman–Crippen MR) is 64.2 cm³/mol. The van der Waals surface area contributed by atoms with Crippen LogP contribution in [0.3, 0.4) is 0 Å². The normalized spacial score (nSPS) is 19.0. The van der Waals surface area contributed by atoms with Gasteiger partial charge in [-0.05, 0) is 37.5 Å². The van der Waals surface area contributed by atoms with Crippen molar-refractivity contribution in [1.29, 1.82) is 0 Å². The third kappa shape index (κ3) is 2.63. The van der Waals surface area contributed by atoms with Crippen molar-refractivity contribution in [2.24, 2.45) is 0 Å². The van der Waals surface area contributed by atoms with Gasteiger partial charge in [0.15, 0.2) is 11.5 Å². The van der Waals surface area contributed by atoms with Gasteiger partial charge in [-0.2, -0.15) is 13.2 Å². The van der Waals surface area contributed by atoms with E-state index in [1.54, 1.807) is 19.1 Å². The zero-order chi connectivity index (χ0) is 14.3. The Kier molecular flexibility index (Phi) is 3.38. The number of hydrogen-bond acceptors (Lipinski definition) is 3. The Labute approximate surface area is 109 Å². The lowest BCUT2D eigenvalue weighted by Crippen LogP contribution is -2.45. The quantitative estimate of drug-likeness (QED) is 0.887. The molecular weight excluding hydrogens is 259 g/mol. The molecule has 1 saturated carbocycles. The lowest BCUT2D eigenvalue weighted by molar-refractivity contribution is -0.167. The van der Waals surface area contributed by atoms with Gasteiger partial charge in [0.25, 0.3) is 0 Å². The Morgan fingerprint density at radius 3 is 2.47 bits per heavy atom. The molecule has 1 atom stereocenters. The first-order valence-corrected chi connectivity index (χ1v) is 6.00. The monoisotopic (exact) mass is 275 g/mol. The number of methoxy groups -OCH3 is 1. The third-order valence-electron chi connectivity index (χ3n) is 3.49. The van der Waals surface area contributed by atoms with Crippen LogP contribution in [0.15, 0.2) is 18.2 Å². The zero-order valence-corrected chi connectivity index (χ0v) is 10.7. The summed E-state index contributed by atoms with van der Waals surface area (Å²) in [6.45, 7) is 1.66. The number of phenols is 1. The van der Waals surface area contributed by atoms with Crippen molar-refractivity contribution < 1.29 is 23.0 Å². The smallest absolute Gasteiger partial charge is 0.406 e. The summed E-state index contributed by atoms with van der Waals surface area (Å²) < 4.78 is 43.5. The maximum Gasteiger partial charge on any atom is 0.406 e. The van der Waals surface area contributed by atoms with Gasteiger partial charge in [0.2, 0.25) is 0 Å². The van der Waals surface area contributed by atoms with Gasteiger partial charge >= 0.3 is 6.18 Å². The van der Waals surface area contributed by atoms with E-state index in [0.717, 1.165) is 0 Å². The van der Waals surface area contributed by atoms with Crippen LogP contribution in [0.25, 0.3) is 0 Å². The average Bonchev–Trinajstić information content (AvgIpc) is 3.10. The summed E-state index contributed by atoms with van der Waals surface area (Å²) in [5.41, 5.74) is -1.11. The minimum Gasteiger partial charge on any atom is -0.504 e. The number of phenolic OH excluding ortho intramolecular Hbond substituents is 1. The highest BCUT2D eigenvalue weighted by atomic mass is 19.4. The highest BCUT2D eigenvalue weighted by Crippen LogP contribution is 2.50. The molecule has 0 bridgehead atoms. The first-order chi connectivity index (χ1) is 8.79. The maximum absolute atomic E-state index is 12.9. The largest absolute Gasteiger partial charge is 0.504 e. The summed E-state index contributed by atoms with van der Waals surface area (Å²) >= 11 is 0. The molecule has 19 heavy (non-hydrogen) atoms. The maximum atomic E-state index is 12.9. The number of rotatable bonds is 4. The van der Waals surface area contributed by atoms with Crippen LogP contribution in [0.4, 0.5) is 13.2 Å². The summed E-state index contributed by atoms with van der Waals surface area (Å²) in [5, 5.41) is 12.1. The Bertz CT molecular complexity index is 469. The van der Waals surface area contributed by atoms with Gasteiger partial charge in [-0.1, -0.05) is 6.07 Å². The van der Waals surface area contributed by atoms with Crippen LogP contribution in [-0.2, 0) is 0 Å². The Hall–Kier alpha value is -1.43. The molecule has 1 aliphatic rings. The Balaban J connectivity index is 2.15. The fourth-order valence-corrected chi connectivity index (χ4v) is 2.10. The van der Waals surface area contributed by atoms with Crippen molar-refractivity contribution in [3.8, 4) is 11.5 Å². The minimum atomic E-state index is -4.23. The number of alkyl halides is 3. The minimum absolute atomic E-state index is 0.0320. The lowest BCUT2D eigenvalue weighted by atomic mass is 10.1. The number of nitrogens with one attached hydrogen (secondary N) is 1. The van der Waals surface area contributed by atoms with Crippen LogP contribution in [0, 0.1) is 0 Å². The van der Waals surface area contributed by atoms with Crippen molar-refractivity contribution in [3.63, 3.8) is 0 Å². The van der Waals surface area contributed by atoms with Crippen molar-refractivity contribution >= 4 is 0 Å². The number of ether oxygens (including phenoxy) is 1. The van der Waals surface area contributed by atoms with Crippen molar-refractivity contribution in [2.75, 3.05) is 7.11 Å². The molecule has 0 heterocycles. The molecule has 0 aliphatic heterocycles. The number of hydrogen-bond donors (Lipinski definition) is 2. The van der Waals surface area contributed by atoms with Gasteiger partial charge in [0, 0.05) is 6.04 Å². The molecule has 1 fully saturated rings. The molecule has 2 N–H and O–H groups in total. The fourth-order valence-electron chi connectivity index (χ4n) is 2.10. The molecular formula is C13H16F3NO2. The predicted octanol–water partition coefficient (Wildman–Crippen LogP) is 3.15. The van der Waals surface area contributed by atoms with Crippen LogP contribution < -0.4 is 10.1 Å². The molecule has 1 aromatic carbocycles. The van der Waals surface area contributed by atoms with E-state index in [9.17, 15) is 18.3 Å². The molecule has 0 saturated heterocycles. The van der Waals surface area contributed by atoms with Crippen molar-refractivity contribution in [3.05, 3.63) is 23.8 Å². The van der Waals surface area contributed by atoms with Crippen LogP contribution in [0.5, 0.6) is 11.5 Å². The molecule has 0 radical (unpaired) electrons. The van der Waals surface area contributed by atoms with Crippen molar-refractivity contribution in [1.82, 2.24) is 5.32 Å². The first kappa shape index (κ1) is 14.0.